The summed E-state index contributed by atoms with van der Waals surface area (Å²) in [7, 11) is -4.06. The van der Waals surface area contributed by atoms with Gasteiger partial charge in [0.05, 0.1) is 11.1 Å². The monoisotopic (exact) mass is 512 g/mol. The number of halogens is 1. The molecule has 2 aromatic heterocycles. The lowest BCUT2D eigenvalue weighted by molar-refractivity contribution is 0.102. The van der Waals surface area contributed by atoms with Crippen LogP contribution >= 0.6 is 11.6 Å². The average Bonchev–Trinajstić information content (AvgIpc) is 3.46. The highest BCUT2D eigenvalue weighted by molar-refractivity contribution is 7.87. The van der Waals surface area contributed by atoms with Crippen LogP contribution in [-0.4, -0.2) is 29.6 Å². The van der Waals surface area contributed by atoms with E-state index in [1.54, 1.807) is 18.2 Å². The molecule has 0 aliphatic carbocycles. The number of hydrogen-bond acceptors (Lipinski definition) is 9. The minimum Gasteiger partial charge on any atom is -0.379 e. The van der Waals surface area contributed by atoms with E-state index >= 15 is 0 Å². The van der Waals surface area contributed by atoms with Crippen LogP contribution in [0.1, 0.15) is 10.5 Å². The molecule has 2 N–H and O–H groups in total. The molecule has 0 aliphatic heterocycles. The summed E-state index contributed by atoms with van der Waals surface area (Å²) in [5, 5.41) is 10.7. The van der Waals surface area contributed by atoms with Gasteiger partial charge in [-0.3, -0.25) is 14.3 Å². The Kier molecular flexibility index (Phi) is 5.59. The Labute approximate surface area is 201 Å². The van der Waals surface area contributed by atoms with Crippen molar-refractivity contribution >= 4 is 44.3 Å². The summed E-state index contributed by atoms with van der Waals surface area (Å²) in [6.07, 6.45) is 0. The fourth-order valence-electron chi connectivity index (χ4n) is 3.24. The molecule has 0 bridgehead atoms. The van der Waals surface area contributed by atoms with Crippen molar-refractivity contribution in [2.45, 2.75) is 4.90 Å². The van der Waals surface area contributed by atoms with Crippen LogP contribution in [0, 0.1) is 0 Å². The second-order valence-electron chi connectivity index (χ2n) is 7.13. The van der Waals surface area contributed by atoms with Gasteiger partial charge in [0.25, 0.3) is 5.91 Å². The number of fused-ring (bicyclic) bond motifs is 1. The number of carbonyl (C=O) groups is 1. The Bertz CT molecular complexity index is 1730. The maximum absolute atomic E-state index is 13.0. The molecule has 0 radical (unpaired) electrons. The van der Waals surface area contributed by atoms with Gasteiger partial charge < -0.3 is 14.0 Å². The van der Waals surface area contributed by atoms with Crippen molar-refractivity contribution in [3.05, 3.63) is 88.0 Å². The van der Waals surface area contributed by atoms with Crippen molar-refractivity contribution in [1.82, 2.24) is 15.3 Å². The first kappa shape index (κ1) is 22.4. The van der Waals surface area contributed by atoms with E-state index in [4.69, 9.17) is 20.3 Å². The van der Waals surface area contributed by atoms with Crippen molar-refractivity contribution < 1.29 is 26.4 Å². The lowest BCUT2D eigenvalue weighted by Gasteiger charge is -2.08. The number of amides is 1. The van der Waals surface area contributed by atoms with Gasteiger partial charge in [0.2, 0.25) is 0 Å². The third-order valence-corrected chi connectivity index (χ3v) is 6.32. The number of nitrogens with one attached hydrogen (secondary N) is 2. The van der Waals surface area contributed by atoms with Crippen LogP contribution in [0.3, 0.4) is 0 Å². The van der Waals surface area contributed by atoms with E-state index in [2.05, 4.69) is 25.1 Å². The molecular formula is C22H13ClN4O7S. The lowest BCUT2D eigenvalue weighted by Crippen LogP contribution is -2.13. The Morgan fingerprint density at radius 2 is 1.80 bits per heavy atom. The van der Waals surface area contributed by atoms with E-state index < -0.39 is 21.8 Å². The van der Waals surface area contributed by atoms with Gasteiger partial charge in [0.15, 0.2) is 17.1 Å². The van der Waals surface area contributed by atoms with E-state index in [0.717, 1.165) is 0 Å². The molecular weight excluding hydrogens is 500 g/mol. The fourth-order valence-corrected chi connectivity index (χ4v) is 4.36. The molecule has 0 unspecified atom stereocenters. The van der Waals surface area contributed by atoms with Crippen LogP contribution in [-0.2, 0) is 10.1 Å². The number of carbonyl (C=O) groups excluding carboxylic acids is 1. The molecule has 0 saturated carbocycles. The minimum absolute atomic E-state index is 0.00930. The zero-order valence-corrected chi connectivity index (χ0v) is 19.0. The van der Waals surface area contributed by atoms with Gasteiger partial charge in [0, 0.05) is 16.7 Å². The Morgan fingerprint density at radius 1 is 1.00 bits per heavy atom. The molecule has 2 heterocycles. The summed E-state index contributed by atoms with van der Waals surface area (Å²) in [6, 6.07) is 16.3. The van der Waals surface area contributed by atoms with E-state index in [-0.39, 0.29) is 33.4 Å². The molecule has 0 saturated heterocycles. The van der Waals surface area contributed by atoms with Gasteiger partial charge in [-0.1, -0.05) is 40.1 Å². The Balaban J connectivity index is 1.42. The van der Waals surface area contributed by atoms with E-state index in [1.165, 1.54) is 48.5 Å². The molecule has 11 nitrogen and oxygen atoms in total. The van der Waals surface area contributed by atoms with Gasteiger partial charge in [0.1, 0.15) is 10.6 Å². The highest BCUT2D eigenvalue weighted by Crippen LogP contribution is 2.30. The molecule has 0 aliphatic rings. The normalized spacial score (nSPS) is 11.5. The van der Waals surface area contributed by atoms with E-state index in [0.29, 0.717) is 16.0 Å². The first-order valence-electron chi connectivity index (χ1n) is 9.86. The number of H-pyrrole nitrogens is 1. The highest BCUT2D eigenvalue weighted by Gasteiger charge is 2.21. The van der Waals surface area contributed by atoms with Crippen LogP contribution in [0.2, 0.25) is 5.02 Å². The van der Waals surface area contributed by atoms with Gasteiger partial charge in [-0.15, -0.1) is 0 Å². The number of rotatable bonds is 6. The van der Waals surface area contributed by atoms with Crippen LogP contribution in [0.25, 0.3) is 22.4 Å². The second kappa shape index (κ2) is 8.74. The predicted molar refractivity (Wildman–Crippen MR) is 124 cm³/mol. The predicted octanol–water partition coefficient (Wildman–Crippen LogP) is 3.84. The highest BCUT2D eigenvalue weighted by atomic mass is 35.5. The lowest BCUT2D eigenvalue weighted by atomic mass is 10.1. The number of nitrogens with zero attached hydrogens (tertiary/aromatic N) is 2. The second-order valence-corrected chi connectivity index (χ2v) is 9.11. The van der Waals surface area contributed by atoms with Crippen molar-refractivity contribution in [2.75, 3.05) is 5.32 Å². The fraction of sp³-hybridized carbons (Fsp3) is 0. The van der Waals surface area contributed by atoms with Crippen LogP contribution in [0.15, 0.2) is 85.5 Å². The zero-order chi connectivity index (χ0) is 24.6. The van der Waals surface area contributed by atoms with E-state index in [9.17, 15) is 18.0 Å². The van der Waals surface area contributed by atoms with Gasteiger partial charge >= 0.3 is 15.9 Å². The minimum atomic E-state index is -4.06. The molecule has 5 rings (SSSR count). The van der Waals surface area contributed by atoms with E-state index in [1.807, 2.05) is 0 Å². The smallest absolute Gasteiger partial charge is 0.379 e. The van der Waals surface area contributed by atoms with Crippen molar-refractivity contribution in [3.8, 4) is 17.1 Å². The maximum atomic E-state index is 13.0. The standard InChI is InChI=1S/C22H13ClN4O7S/c23-12-6-9-17(16(10-12)20-25-22(29)33-27-20)24-21(28)19-15-8-7-13(11-18(15)32-26-19)34-35(30,31)14-4-2-1-3-5-14/h1-11H,(H,24,28)(H,25,27,29). The molecule has 0 atom stereocenters. The number of benzene rings is 3. The van der Waals surface area contributed by atoms with Crippen molar-refractivity contribution in [1.29, 1.82) is 0 Å². The van der Waals surface area contributed by atoms with Crippen LogP contribution < -0.4 is 15.3 Å². The van der Waals surface area contributed by atoms with Gasteiger partial charge in [-0.05, 0) is 42.5 Å². The summed E-state index contributed by atoms with van der Waals surface area (Å²) >= 11 is 6.04. The molecule has 3 aromatic carbocycles. The molecule has 0 spiro atoms. The topological polar surface area (TPSA) is 157 Å². The Hall–Kier alpha value is -4.42. The number of anilines is 1. The quantitative estimate of drug-likeness (QED) is 0.322. The third kappa shape index (κ3) is 4.52. The number of aromatic nitrogens is 3. The van der Waals surface area contributed by atoms with Crippen molar-refractivity contribution in [3.63, 3.8) is 0 Å². The third-order valence-electron chi connectivity index (χ3n) is 4.82. The largest absolute Gasteiger partial charge is 0.439 e. The first-order chi connectivity index (χ1) is 16.8. The molecule has 176 valence electrons. The van der Waals surface area contributed by atoms with Crippen molar-refractivity contribution in [2.24, 2.45) is 0 Å². The van der Waals surface area contributed by atoms with Gasteiger partial charge in [-0.25, -0.2) is 4.79 Å². The first-order valence-corrected chi connectivity index (χ1v) is 11.6. The summed E-state index contributed by atoms with van der Waals surface area (Å²) in [5.41, 5.74) is 0.653. The summed E-state index contributed by atoms with van der Waals surface area (Å²) < 4.78 is 39.8. The summed E-state index contributed by atoms with van der Waals surface area (Å²) in [4.78, 5) is 26.7. The molecule has 0 fully saturated rings. The summed E-state index contributed by atoms with van der Waals surface area (Å²) in [6.45, 7) is 0. The molecule has 35 heavy (non-hydrogen) atoms. The zero-order valence-electron chi connectivity index (χ0n) is 17.4. The van der Waals surface area contributed by atoms with Crippen LogP contribution in [0.4, 0.5) is 5.69 Å². The maximum Gasteiger partial charge on any atom is 0.439 e. The SMILES string of the molecule is O=C(Nc1ccc(Cl)cc1-c1noc(=O)[nH]1)c1noc2cc(OS(=O)(=O)c3ccccc3)ccc12. The van der Waals surface area contributed by atoms with Gasteiger partial charge in [-0.2, -0.15) is 8.42 Å². The van der Waals surface area contributed by atoms with Crippen LogP contribution in [0.5, 0.6) is 5.75 Å². The molecule has 1 amide bonds. The summed E-state index contributed by atoms with van der Waals surface area (Å²) in [5.74, 6) is -1.35. The number of hydrogen-bond donors (Lipinski definition) is 2. The molecule has 13 heteroatoms. The molecule has 5 aromatic rings. The Morgan fingerprint density at radius 3 is 2.54 bits per heavy atom. The number of aromatic amines is 1. The average molecular weight is 513 g/mol.